The molecule has 1 saturated heterocycles. The van der Waals surface area contributed by atoms with Crippen molar-refractivity contribution in [2.24, 2.45) is 0 Å². The molecule has 162 valence electrons. The molecule has 0 N–H and O–H groups in total. The molecule has 7 nitrogen and oxygen atoms in total. The minimum absolute atomic E-state index is 0.132. The summed E-state index contributed by atoms with van der Waals surface area (Å²) in [6.45, 7) is 3.27. The van der Waals surface area contributed by atoms with Crippen molar-refractivity contribution in [3.63, 3.8) is 0 Å². The maximum atomic E-state index is 13.3. The van der Waals surface area contributed by atoms with Crippen molar-refractivity contribution in [3.05, 3.63) is 93.2 Å². The average molecular weight is 447 g/mol. The number of ether oxygens (including phenoxy) is 1. The molecule has 0 saturated carbocycles. The molecule has 0 unspecified atom stereocenters. The fourth-order valence-corrected chi connectivity index (χ4v) is 4.57. The van der Waals surface area contributed by atoms with Crippen molar-refractivity contribution in [1.29, 1.82) is 0 Å². The molecule has 4 heterocycles. The smallest absolute Gasteiger partial charge is 0.280 e. The predicted molar refractivity (Wildman–Crippen MR) is 125 cm³/mol. The van der Waals surface area contributed by atoms with E-state index in [1.54, 1.807) is 40.4 Å². The Balaban J connectivity index is 1.44. The van der Waals surface area contributed by atoms with Gasteiger partial charge in [0, 0.05) is 36.0 Å². The molecule has 3 aromatic heterocycles. The van der Waals surface area contributed by atoms with Crippen molar-refractivity contribution in [2.45, 2.75) is 6.54 Å². The molecule has 1 aliphatic heterocycles. The van der Waals surface area contributed by atoms with Gasteiger partial charge in [0.25, 0.3) is 11.5 Å². The molecule has 32 heavy (non-hydrogen) atoms. The highest BCUT2D eigenvalue weighted by Gasteiger charge is 2.20. The van der Waals surface area contributed by atoms with Crippen LogP contribution < -0.4 is 10.5 Å². The molecular weight excluding hydrogens is 424 g/mol. The van der Waals surface area contributed by atoms with Crippen molar-refractivity contribution >= 4 is 22.9 Å². The molecule has 8 heteroatoms. The summed E-state index contributed by atoms with van der Waals surface area (Å²) in [6.07, 6.45) is 3.39. The zero-order chi connectivity index (χ0) is 21.9. The number of pyridine rings is 1. The van der Waals surface area contributed by atoms with Crippen LogP contribution in [0.4, 0.5) is 5.69 Å². The number of hydrogen-bond donors (Lipinski definition) is 0. The van der Waals surface area contributed by atoms with E-state index < -0.39 is 0 Å². The highest BCUT2D eigenvalue weighted by molar-refractivity contribution is 7.09. The van der Waals surface area contributed by atoms with Gasteiger partial charge in [0.15, 0.2) is 0 Å². The molecular formula is C24H22N4O3S. The summed E-state index contributed by atoms with van der Waals surface area (Å²) in [6, 6.07) is 16.8. The van der Waals surface area contributed by atoms with Crippen LogP contribution in [0.25, 0.3) is 11.3 Å². The molecule has 1 aromatic carbocycles. The lowest BCUT2D eigenvalue weighted by Crippen LogP contribution is -2.37. The highest BCUT2D eigenvalue weighted by atomic mass is 32.1. The van der Waals surface area contributed by atoms with Gasteiger partial charge in [-0.1, -0.05) is 18.2 Å². The summed E-state index contributed by atoms with van der Waals surface area (Å²) >= 11 is 1.61. The van der Waals surface area contributed by atoms with E-state index in [4.69, 9.17) is 4.74 Å². The quantitative estimate of drug-likeness (QED) is 0.470. The summed E-state index contributed by atoms with van der Waals surface area (Å²) in [7, 11) is 0. The number of aromatic nitrogens is 3. The highest BCUT2D eigenvalue weighted by Crippen LogP contribution is 2.23. The van der Waals surface area contributed by atoms with Crippen molar-refractivity contribution < 1.29 is 9.53 Å². The third kappa shape index (κ3) is 4.02. The lowest BCUT2D eigenvalue weighted by atomic mass is 10.1. The van der Waals surface area contributed by atoms with Crippen molar-refractivity contribution in [2.75, 3.05) is 31.2 Å². The maximum Gasteiger partial charge on any atom is 0.280 e. The van der Waals surface area contributed by atoms with Gasteiger partial charge in [0.1, 0.15) is 0 Å². The van der Waals surface area contributed by atoms with Gasteiger partial charge in [-0.05, 0) is 41.8 Å². The largest absolute Gasteiger partial charge is 0.378 e. The third-order valence-electron chi connectivity index (χ3n) is 5.49. The Bertz CT molecular complexity index is 1290. The Hall–Kier alpha value is -3.49. The van der Waals surface area contributed by atoms with E-state index in [-0.39, 0.29) is 11.5 Å². The number of nitrogens with zero attached hydrogens (tertiary/aromatic N) is 4. The van der Waals surface area contributed by atoms with Gasteiger partial charge in [-0.25, -0.2) is 4.68 Å². The monoisotopic (exact) mass is 446 g/mol. The molecule has 1 fully saturated rings. The molecule has 0 aliphatic carbocycles. The van der Waals surface area contributed by atoms with Crippen LogP contribution in [0.1, 0.15) is 15.2 Å². The van der Waals surface area contributed by atoms with Crippen LogP contribution in [0, 0.1) is 0 Å². The molecule has 1 aliphatic rings. The predicted octanol–water partition coefficient (Wildman–Crippen LogP) is 3.35. The van der Waals surface area contributed by atoms with Crippen LogP contribution in [-0.2, 0) is 11.3 Å². The lowest BCUT2D eigenvalue weighted by molar-refractivity contribution is 0.0944. The van der Waals surface area contributed by atoms with Gasteiger partial charge in [-0.15, -0.1) is 11.3 Å². The minimum Gasteiger partial charge on any atom is -0.378 e. The summed E-state index contributed by atoms with van der Waals surface area (Å²) in [5, 5.41) is 6.45. The van der Waals surface area contributed by atoms with E-state index in [1.807, 2.05) is 47.8 Å². The van der Waals surface area contributed by atoms with Gasteiger partial charge in [-0.2, -0.15) is 5.10 Å². The standard InChI is InChI=1S/C24H22N4O3S/c29-23-19(7-3-10-27(23)17-18-5-4-16-32-18)21-9-11-28(25-21)24(30)20-6-1-2-8-22(20)26-12-14-31-15-13-26/h1-11,16H,12-15,17H2. The Morgan fingerprint density at radius 2 is 1.84 bits per heavy atom. The zero-order valence-corrected chi connectivity index (χ0v) is 18.2. The molecule has 4 aromatic rings. The number of anilines is 1. The van der Waals surface area contributed by atoms with Crippen LogP contribution in [0.5, 0.6) is 0 Å². The van der Waals surface area contributed by atoms with Crippen LogP contribution in [-0.4, -0.2) is 46.6 Å². The van der Waals surface area contributed by atoms with E-state index in [0.717, 1.165) is 23.7 Å². The van der Waals surface area contributed by atoms with E-state index in [9.17, 15) is 9.59 Å². The normalized spacial score (nSPS) is 13.9. The van der Waals surface area contributed by atoms with E-state index in [1.165, 1.54) is 4.68 Å². The average Bonchev–Trinajstić information content (AvgIpc) is 3.53. The lowest BCUT2D eigenvalue weighted by Gasteiger charge is -2.30. The van der Waals surface area contributed by atoms with Gasteiger partial charge in [-0.3, -0.25) is 9.59 Å². The Kier molecular flexibility index (Phi) is 5.70. The van der Waals surface area contributed by atoms with Crippen LogP contribution in [0.15, 0.2) is 77.2 Å². The number of benzene rings is 1. The number of para-hydroxylation sites is 1. The SMILES string of the molecule is O=C(c1ccccc1N1CCOCC1)n1ccc(-c2cccn(Cc3cccs3)c2=O)n1. The molecule has 0 radical (unpaired) electrons. The molecule has 0 amide bonds. The van der Waals surface area contributed by atoms with Crippen LogP contribution in [0.3, 0.4) is 0 Å². The van der Waals surface area contributed by atoms with Gasteiger partial charge in [0.05, 0.1) is 36.6 Å². The Morgan fingerprint density at radius 3 is 2.66 bits per heavy atom. The summed E-state index contributed by atoms with van der Waals surface area (Å²) in [5.74, 6) is -0.229. The summed E-state index contributed by atoms with van der Waals surface area (Å²) in [5.41, 5.74) is 2.26. The third-order valence-corrected chi connectivity index (χ3v) is 6.35. The zero-order valence-electron chi connectivity index (χ0n) is 17.4. The molecule has 5 rings (SSSR count). The van der Waals surface area contributed by atoms with Crippen molar-refractivity contribution in [3.8, 4) is 11.3 Å². The van der Waals surface area contributed by atoms with Crippen LogP contribution >= 0.6 is 11.3 Å². The topological polar surface area (TPSA) is 69.4 Å². The summed E-state index contributed by atoms with van der Waals surface area (Å²) < 4.78 is 8.41. The number of hydrogen-bond acceptors (Lipinski definition) is 6. The van der Waals surface area contributed by atoms with Gasteiger partial charge < -0.3 is 14.2 Å². The summed E-state index contributed by atoms with van der Waals surface area (Å²) in [4.78, 5) is 29.6. The fourth-order valence-electron chi connectivity index (χ4n) is 3.87. The first-order chi connectivity index (χ1) is 15.7. The van der Waals surface area contributed by atoms with Crippen molar-refractivity contribution in [1.82, 2.24) is 14.3 Å². The minimum atomic E-state index is -0.229. The molecule has 0 bridgehead atoms. The Labute approximate surface area is 189 Å². The first-order valence-corrected chi connectivity index (χ1v) is 11.3. The van der Waals surface area contributed by atoms with Crippen LogP contribution in [0.2, 0.25) is 0 Å². The number of thiophene rings is 1. The fraction of sp³-hybridized carbons (Fsp3) is 0.208. The second-order valence-corrected chi connectivity index (χ2v) is 8.53. The maximum absolute atomic E-state index is 13.3. The van der Waals surface area contributed by atoms with Gasteiger partial charge >= 0.3 is 0 Å². The first-order valence-electron chi connectivity index (χ1n) is 10.4. The number of carbonyl (C=O) groups is 1. The van der Waals surface area contributed by atoms with E-state index >= 15 is 0 Å². The first kappa shape index (κ1) is 20.4. The van der Waals surface area contributed by atoms with Gasteiger partial charge in [0.2, 0.25) is 0 Å². The number of morpholine rings is 1. The molecule has 0 spiro atoms. The Morgan fingerprint density at radius 1 is 1.00 bits per heavy atom. The molecule has 0 atom stereocenters. The van der Waals surface area contributed by atoms with E-state index in [0.29, 0.717) is 36.6 Å². The van der Waals surface area contributed by atoms with E-state index in [2.05, 4.69) is 10.00 Å². The second kappa shape index (κ2) is 8.94. The second-order valence-electron chi connectivity index (χ2n) is 7.50. The number of rotatable bonds is 5. The number of carbonyl (C=O) groups excluding carboxylic acids is 1.